The van der Waals surface area contributed by atoms with E-state index in [1.54, 1.807) is 12.1 Å². The Kier molecular flexibility index (Phi) is 6.22. The Morgan fingerprint density at radius 2 is 2.17 bits per heavy atom. The Hall–Kier alpha value is -1.55. The van der Waals surface area contributed by atoms with Gasteiger partial charge < -0.3 is 15.8 Å². The lowest BCUT2D eigenvalue weighted by atomic mass is 10.2. The number of nitrogen functional groups attached to an aromatic ring is 1. The van der Waals surface area contributed by atoms with Gasteiger partial charge in [0.1, 0.15) is 6.61 Å². The molecule has 0 aliphatic rings. The molecule has 0 spiro atoms. The smallest absolute Gasteiger partial charge is 0.250 e. The monoisotopic (exact) mass is 250 g/mol. The van der Waals surface area contributed by atoms with E-state index in [0.29, 0.717) is 12.3 Å². The molecule has 0 saturated heterocycles. The quantitative estimate of drug-likeness (QED) is 0.577. The molecule has 1 rings (SSSR count). The van der Waals surface area contributed by atoms with E-state index in [0.717, 1.165) is 30.5 Å². The Balaban J connectivity index is 2.31. The number of nitrogens with one attached hydrogen (secondary N) is 1. The summed E-state index contributed by atoms with van der Waals surface area (Å²) in [4.78, 5) is 11.6. The lowest BCUT2D eigenvalue weighted by Crippen LogP contribution is -2.19. The number of carbonyl (C=O) groups is 1. The Morgan fingerprint density at radius 1 is 1.39 bits per heavy atom. The zero-order valence-corrected chi connectivity index (χ0v) is 11.2. The summed E-state index contributed by atoms with van der Waals surface area (Å²) in [6.07, 6.45) is 3.30. The average molecular weight is 250 g/mol. The van der Waals surface area contributed by atoms with Crippen molar-refractivity contribution in [1.29, 1.82) is 0 Å². The standard InChI is InChI=1S/C14H22N2O2/c1-3-4-5-8-18-10-14(17)16-13-7-6-12(15)9-11(13)2/h6-7,9H,3-5,8,10,15H2,1-2H3,(H,16,17). The minimum atomic E-state index is -0.126. The lowest BCUT2D eigenvalue weighted by molar-refractivity contribution is -0.120. The van der Waals surface area contributed by atoms with E-state index < -0.39 is 0 Å². The van der Waals surface area contributed by atoms with E-state index in [9.17, 15) is 4.79 Å². The van der Waals surface area contributed by atoms with Crippen LogP contribution in [-0.4, -0.2) is 19.1 Å². The first-order chi connectivity index (χ1) is 8.63. The molecule has 0 heterocycles. The molecule has 0 unspecified atom stereocenters. The maximum absolute atomic E-state index is 11.6. The van der Waals surface area contributed by atoms with E-state index in [1.165, 1.54) is 0 Å². The molecule has 0 bridgehead atoms. The van der Waals surface area contributed by atoms with Crippen molar-refractivity contribution in [2.75, 3.05) is 24.3 Å². The number of unbranched alkanes of at least 4 members (excludes halogenated alkanes) is 2. The Labute approximate surface area is 109 Å². The Morgan fingerprint density at radius 3 is 2.83 bits per heavy atom. The second-order valence-corrected chi connectivity index (χ2v) is 4.38. The molecule has 1 aromatic carbocycles. The van der Waals surface area contributed by atoms with Crippen molar-refractivity contribution in [2.45, 2.75) is 33.1 Å². The molecule has 0 atom stereocenters. The first-order valence-corrected chi connectivity index (χ1v) is 6.37. The molecule has 4 nitrogen and oxygen atoms in total. The Bertz CT molecular complexity index is 391. The highest BCUT2D eigenvalue weighted by atomic mass is 16.5. The van der Waals surface area contributed by atoms with Gasteiger partial charge in [-0.3, -0.25) is 4.79 Å². The fourth-order valence-electron chi connectivity index (χ4n) is 1.63. The van der Waals surface area contributed by atoms with Gasteiger partial charge in [0.2, 0.25) is 5.91 Å². The van der Waals surface area contributed by atoms with Gasteiger partial charge in [0, 0.05) is 18.0 Å². The van der Waals surface area contributed by atoms with Gasteiger partial charge in [0.05, 0.1) is 0 Å². The van der Waals surface area contributed by atoms with Gasteiger partial charge in [0.25, 0.3) is 0 Å². The highest BCUT2D eigenvalue weighted by molar-refractivity contribution is 5.92. The van der Waals surface area contributed by atoms with Gasteiger partial charge in [-0.2, -0.15) is 0 Å². The van der Waals surface area contributed by atoms with Crippen LogP contribution >= 0.6 is 0 Å². The fraction of sp³-hybridized carbons (Fsp3) is 0.500. The summed E-state index contributed by atoms with van der Waals surface area (Å²) in [6.45, 7) is 4.79. The van der Waals surface area contributed by atoms with Gasteiger partial charge in [-0.05, 0) is 37.1 Å². The summed E-state index contributed by atoms with van der Waals surface area (Å²) in [5.74, 6) is -0.126. The minimum absolute atomic E-state index is 0.105. The second kappa shape index (κ2) is 7.71. The van der Waals surface area contributed by atoms with Crippen molar-refractivity contribution in [3.05, 3.63) is 23.8 Å². The van der Waals surface area contributed by atoms with Crippen LogP contribution in [0.5, 0.6) is 0 Å². The van der Waals surface area contributed by atoms with Crippen LogP contribution in [0, 0.1) is 6.92 Å². The maximum atomic E-state index is 11.6. The first-order valence-electron chi connectivity index (χ1n) is 6.37. The number of anilines is 2. The number of hydrogen-bond donors (Lipinski definition) is 2. The zero-order valence-electron chi connectivity index (χ0n) is 11.2. The molecule has 0 radical (unpaired) electrons. The highest BCUT2D eigenvalue weighted by Crippen LogP contribution is 2.17. The molecule has 18 heavy (non-hydrogen) atoms. The first kappa shape index (κ1) is 14.5. The van der Waals surface area contributed by atoms with Crippen molar-refractivity contribution in [3.63, 3.8) is 0 Å². The molecule has 4 heteroatoms. The third-order valence-corrected chi connectivity index (χ3v) is 2.65. The minimum Gasteiger partial charge on any atom is -0.399 e. The summed E-state index contributed by atoms with van der Waals surface area (Å²) in [5.41, 5.74) is 8.08. The average Bonchev–Trinajstić information content (AvgIpc) is 2.32. The maximum Gasteiger partial charge on any atom is 0.250 e. The number of aryl methyl sites for hydroxylation is 1. The molecular formula is C14H22N2O2. The fourth-order valence-corrected chi connectivity index (χ4v) is 1.63. The van der Waals surface area contributed by atoms with Crippen LogP contribution in [0.3, 0.4) is 0 Å². The van der Waals surface area contributed by atoms with Gasteiger partial charge >= 0.3 is 0 Å². The number of benzene rings is 1. The zero-order chi connectivity index (χ0) is 13.4. The topological polar surface area (TPSA) is 64.3 Å². The third kappa shape index (κ3) is 5.19. The van der Waals surface area contributed by atoms with E-state index in [2.05, 4.69) is 12.2 Å². The molecule has 0 aliphatic heterocycles. The van der Waals surface area contributed by atoms with E-state index >= 15 is 0 Å². The summed E-state index contributed by atoms with van der Waals surface area (Å²) < 4.78 is 5.30. The van der Waals surface area contributed by atoms with Crippen molar-refractivity contribution < 1.29 is 9.53 Å². The molecule has 0 aromatic heterocycles. The summed E-state index contributed by atoms with van der Waals surface area (Å²) >= 11 is 0. The summed E-state index contributed by atoms with van der Waals surface area (Å²) in [5, 5.41) is 2.81. The molecule has 1 amide bonds. The van der Waals surface area contributed by atoms with Gasteiger partial charge in [-0.1, -0.05) is 19.8 Å². The van der Waals surface area contributed by atoms with Crippen LogP contribution in [0.1, 0.15) is 31.7 Å². The van der Waals surface area contributed by atoms with Gasteiger partial charge in [-0.25, -0.2) is 0 Å². The van der Waals surface area contributed by atoms with Crippen LogP contribution in [0.15, 0.2) is 18.2 Å². The van der Waals surface area contributed by atoms with Crippen LogP contribution in [0.4, 0.5) is 11.4 Å². The predicted octanol–water partition coefficient (Wildman–Crippen LogP) is 2.72. The molecule has 0 saturated carbocycles. The molecule has 0 aliphatic carbocycles. The van der Waals surface area contributed by atoms with E-state index in [-0.39, 0.29) is 12.5 Å². The second-order valence-electron chi connectivity index (χ2n) is 4.38. The van der Waals surface area contributed by atoms with Gasteiger partial charge in [0.15, 0.2) is 0 Å². The lowest BCUT2D eigenvalue weighted by Gasteiger charge is -2.09. The van der Waals surface area contributed by atoms with Crippen molar-refractivity contribution in [3.8, 4) is 0 Å². The van der Waals surface area contributed by atoms with Crippen molar-refractivity contribution in [2.24, 2.45) is 0 Å². The number of amides is 1. The summed E-state index contributed by atoms with van der Waals surface area (Å²) in [6, 6.07) is 5.40. The van der Waals surface area contributed by atoms with Crippen molar-refractivity contribution in [1.82, 2.24) is 0 Å². The number of hydrogen-bond acceptors (Lipinski definition) is 3. The van der Waals surface area contributed by atoms with Crippen LogP contribution in [0.2, 0.25) is 0 Å². The molecule has 3 N–H and O–H groups in total. The molecule has 1 aromatic rings. The number of rotatable bonds is 7. The number of carbonyl (C=O) groups excluding carboxylic acids is 1. The van der Waals surface area contributed by atoms with Gasteiger partial charge in [-0.15, -0.1) is 0 Å². The highest BCUT2D eigenvalue weighted by Gasteiger charge is 2.04. The molecular weight excluding hydrogens is 228 g/mol. The predicted molar refractivity (Wildman–Crippen MR) is 74.6 cm³/mol. The van der Waals surface area contributed by atoms with Crippen LogP contribution < -0.4 is 11.1 Å². The van der Waals surface area contributed by atoms with E-state index in [1.807, 2.05) is 13.0 Å². The molecule has 0 fully saturated rings. The van der Waals surface area contributed by atoms with Crippen LogP contribution in [0.25, 0.3) is 0 Å². The number of ether oxygens (including phenoxy) is 1. The largest absolute Gasteiger partial charge is 0.399 e. The van der Waals surface area contributed by atoms with E-state index in [4.69, 9.17) is 10.5 Å². The van der Waals surface area contributed by atoms with Crippen LogP contribution in [-0.2, 0) is 9.53 Å². The molecule has 100 valence electrons. The summed E-state index contributed by atoms with van der Waals surface area (Å²) in [7, 11) is 0. The van der Waals surface area contributed by atoms with Crippen molar-refractivity contribution >= 4 is 17.3 Å². The SMILES string of the molecule is CCCCCOCC(=O)Nc1ccc(N)cc1C. The number of nitrogens with two attached hydrogens (primary N) is 1. The third-order valence-electron chi connectivity index (χ3n) is 2.65. The normalized spacial score (nSPS) is 10.3.